The smallest absolute Gasteiger partial charge is 0.0212 e. The quantitative estimate of drug-likeness (QED) is 0.767. The summed E-state index contributed by atoms with van der Waals surface area (Å²) >= 11 is 0. The summed E-state index contributed by atoms with van der Waals surface area (Å²) in [5.41, 5.74) is 0.620. The fourth-order valence-corrected chi connectivity index (χ4v) is 5.25. The first kappa shape index (κ1) is 9.94. The van der Waals surface area contributed by atoms with E-state index in [1.165, 1.54) is 32.2 Å². The third-order valence-electron chi connectivity index (χ3n) is 6.15. The predicted octanol–water partition coefficient (Wildman–Crippen LogP) is 3.34. The minimum absolute atomic E-state index is 0.620. The van der Waals surface area contributed by atoms with Crippen LogP contribution in [0.15, 0.2) is 0 Å². The minimum atomic E-state index is 0.620. The zero-order valence-corrected chi connectivity index (χ0v) is 10.4. The highest BCUT2D eigenvalue weighted by Crippen LogP contribution is 2.55. The van der Waals surface area contributed by atoms with E-state index in [2.05, 4.69) is 5.32 Å². The Kier molecular flexibility index (Phi) is 2.16. The molecule has 3 saturated carbocycles. The van der Waals surface area contributed by atoms with Crippen molar-refractivity contribution in [2.45, 2.75) is 63.3 Å². The molecule has 1 N–H and O–H groups in total. The molecule has 0 spiro atoms. The fraction of sp³-hybridized carbons (Fsp3) is 1.00. The van der Waals surface area contributed by atoms with Crippen LogP contribution >= 0.6 is 0 Å². The highest BCUT2D eigenvalue weighted by Gasteiger charge is 2.50. The zero-order chi connectivity index (χ0) is 10.6. The Morgan fingerprint density at radius 1 is 1.06 bits per heavy atom. The summed E-state index contributed by atoms with van der Waals surface area (Å²) < 4.78 is 0. The Bertz CT molecular complexity index is 275. The molecule has 1 heteroatoms. The van der Waals surface area contributed by atoms with Crippen molar-refractivity contribution in [2.24, 2.45) is 23.7 Å². The minimum Gasteiger partial charge on any atom is -0.311 e. The van der Waals surface area contributed by atoms with Crippen molar-refractivity contribution in [1.82, 2.24) is 5.32 Å². The summed E-state index contributed by atoms with van der Waals surface area (Å²) in [4.78, 5) is 0. The Morgan fingerprint density at radius 2 is 2.00 bits per heavy atom. The molecule has 16 heavy (non-hydrogen) atoms. The molecule has 1 aliphatic heterocycles. The molecule has 4 fully saturated rings. The van der Waals surface area contributed by atoms with E-state index in [0.29, 0.717) is 5.54 Å². The van der Waals surface area contributed by atoms with Crippen LogP contribution in [0.1, 0.15) is 57.8 Å². The first-order valence-electron chi connectivity index (χ1n) is 7.61. The summed E-state index contributed by atoms with van der Waals surface area (Å²) in [6.07, 6.45) is 13.8. The normalized spacial score (nSPS) is 51.4. The molecule has 3 aliphatic carbocycles. The van der Waals surface area contributed by atoms with Crippen LogP contribution in [0.25, 0.3) is 0 Å². The Hall–Kier alpha value is -0.0400. The van der Waals surface area contributed by atoms with Crippen molar-refractivity contribution in [3.63, 3.8) is 0 Å². The standard InChI is InChI=1S/C15H25N/c1-6-15(16-7-1,14-4-5-14)10-13-9-11-2-3-12(13)8-11/h11-14,16H,1-10H2. The Morgan fingerprint density at radius 3 is 2.56 bits per heavy atom. The van der Waals surface area contributed by atoms with Crippen molar-refractivity contribution in [3.8, 4) is 0 Å². The molecule has 4 aliphatic rings. The average Bonchev–Trinajstić information content (AvgIpc) is 2.76. The molecule has 0 amide bonds. The summed E-state index contributed by atoms with van der Waals surface area (Å²) in [7, 11) is 0. The molecule has 2 bridgehead atoms. The second kappa shape index (κ2) is 3.48. The van der Waals surface area contributed by atoms with Gasteiger partial charge in [0.05, 0.1) is 0 Å². The average molecular weight is 219 g/mol. The van der Waals surface area contributed by atoms with E-state index in [0.717, 1.165) is 23.7 Å². The van der Waals surface area contributed by atoms with Crippen molar-refractivity contribution >= 4 is 0 Å². The first-order valence-corrected chi connectivity index (χ1v) is 7.61. The van der Waals surface area contributed by atoms with Gasteiger partial charge in [-0.05, 0) is 81.6 Å². The van der Waals surface area contributed by atoms with Gasteiger partial charge in [-0.1, -0.05) is 6.42 Å². The molecular formula is C15H25N. The summed E-state index contributed by atoms with van der Waals surface area (Å²) in [5, 5.41) is 3.92. The highest BCUT2D eigenvalue weighted by molar-refractivity contribution is 5.06. The molecule has 4 rings (SSSR count). The maximum atomic E-state index is 3.92. The molecule has 90 valence electrons. The molecule has 0 aromatic carbocycles. The summed E-state index contributed by atoms with van der Waals surface area (Å²) in [5.74, 6) is 4.43. The largest absolute Gasteiger partial charge is 0.311 e. The van der Waals surface area contributed by atoms with Crippen LogP contribution in [-0.4, -0.2) is 12.1 Å². The second-order valence-electron chi connectivity index (χ2n) is 7.10. The molecule has 0 aromatic heterocycles. The van der Waals surface area contributed by atoms with Gasteiger partial charge in [-0.3, -0.25) is 0 Å². The molecule has 0 radical (unpaired) electrons. The van der Waals surface area contributed by atoms with Gasteiger partial charge in [0, 0.05) is 5.54 Å². The van der Waals surface area contributed by atoms with Gasteiger partial charge in [0.25, 0.3) is 0 Å². The van der Waals surface area contributed by atoms with E-state index in [4.69, 9.17) is 0 Å². The van der Waals surface area contributed by atoms with E-state index in [-0.39, 0.29) is 0 Å². The molecule has 1 nitrogen and oxygen atoms in total. The highest BCUT2D eigenvalue weighted by atomic mass is 15.0. The van der Waals surface area contributed by atoms with Crippen LogP contribution in [0.5, 0.6) is 0 Å². The van der Waals surface area contributed by atoms with E-state index < -0.39 is 0 Å². The van der Waals surface area contributed by atoms with Crippen LogP contribution in [-0.2, 0) is 0 Å². The van der Waals surface area contributed by atoms with Crippen molar-refractivity contribution < 1.29 is 0 Å². The maximum absolute atomic E-state index is 3.92. The third-order valence-corrected chi connectivity index (χ3v) is 6.15. The van der Waals surface area contributed by atoms with Gasteiger partial charge in [-0.25, -0.2) is 0 Å². The van der Waals surface area contributed by atoms with E-state index in [1.54, 1.807) is 32.1 Å². The SMILES string of the molecule is C1CNC(CC2CC3CCC2C3)(C2CC2)C1. The fourth-order valence-electron chi connectivity index (χ4n) is 5.25. The number of nitrogens with one attached hydrogen (secondary N) is 1. The van der Waals surface area contributed by atoms with Gasteiger partial charge in [-0.15, -0.1) is 0 Å². The van der Waals surface area contributed by atoms with Crippen molar-refractivity contribution in [3.05, 3.63) is 0 Å². The molecule has 0 aromatic rings. The molecule has 4 unspecified atom stereocenters. The molecule has 1 heterocycles. The van der Waals surface area contributed by atoms with E-state index in [9.17, 15) is 0 Å². The first-order chi connectivity index (χ1) is 7.86. The number of hydrogen-bond acceptors (Lipinski definition) is 1. The molecular weight excluding hydrogens is 194 g/mol. The Labute approximate surface area is 99.4 Å². The van der Waals surface area contributed by atoms with Gasteiger partial charge >= 0.3 is 0 Å². The topological polar surface area (TPSA) is 12.0 Å². The lowest BCUT2D eigenvalue weighted by Gasteiger charge is -2.35. The van der Waals surface area contributed by atoms with Crippen LogP contribution < -0.4 is 5.32 Å². The van der Waals surface area contributed by atoms with Gasteiger partial charge in [0.1, 0.15) is 0 Å². The predicted molar refractivity (Wildman–Crippen MR) is 66.2 cm³/mol. The van der Waals surface area contributed by atoms with Crippen molar-refractivity contribution in [1.29, 1.82) is 0 Å². The van der Waals surface area contributed by atoms with Crippen LogP contribution in [0, 0.1) is 23.7 Å². The van der Waals surface area contributed by atoms with Gasteiger partial charge in [0.2, 0.25) is 0 Å². The van der Waals surface area contributed by atoms with E-state index in [1.807, 2.05) is 0 Å². The number of fused-ring (bicyclic) bond motifs is 2. The summed E-state index contributed by atoms with van der Waals surface area (Å²) in [6, 6.07) is 0. The number of rotatable bonds is 3. The third kappa shape index (κ3) is 1.47. The van der Waals surface area contributed by atoms with Gasteiger partial charge < -0.3 is 5.32 Å². The Balaban J connectivity index is 1.48. The van der Waals surface area contributed by atoms with Crippen LogP contribution in [0.4, 0.5) is 0 Å². The van der Waals surface area contributed by atoms with E-state index >= 15 is 0 Å². The number of hydrogen-bond donors (Lipinski definition) is 1. The van der Waals surface area contributed by atoms with Gasteiger partial charge in [0.15, 0.2) is 0 Å². The summed E-state index contributed by atoms with van der Waals surface area (Å²) in [6.45, 7) is 1.30. The monoisotopic (exact) mass is 219 g/mol. The lowest BCUT2D eigenvalue weighted by Crippen LogP contribution is -2.44. The zero-order valence-electron chi connectivity index (χ0n) is 10.4. The van der Waals surface area contributed by atoms with Crippen molar-refractivity contribution in [2.75, 3.05) is 6.54 Å². The van der Waals surface area contributed by atoms with Gasteiger partial charge in [-0.2, -0.15) is 0 Å². The maximum Gasteiger partial charge on any atom is 0.0212 e. The molecule has 4 atom stereocenters. The second-order valence-corrected chi connectivity index (χ2v) is 7.10. The lowest BCUT2D eigenvalue weighted by molar-refractivity contribution is 0.201. The van der Waals surface area contributed by atoms with Crippen LogP contribution in [0.3, 0.4) is 0 Å². The lowest BCUT2D eigenvalue weighted by atomic mass is 9.76. The van der Waals surface area contributed by atoms with Crippen LogP contribution in [0.2, 0.25) is 0 Å². The molecule has 1 saturated heterocycles.